The minimum atomic E-state index is 0.332. The van der Waals surface area contributed by atoms with Gasteiger partial charge in [0.15, 0.2) is 0 Å². The molecule has 0 saturated carbocycles. The molecule has 19 heavy (non-hydrogen) atoms. The van der Waals surface area contributed by atoms with Gasteiger partial charge in [-0.1, -0.05) is 27.7 Å². The van der Waals surface area contributed by atoms with Crippen molar-refractivity contribution in [1.29, 1.82) is 0 Å². The van der Waals surface area contributed by atoms with Crippen LogP contribution in [0.25, 0.3) is 0 Å². The molecule has 0 aliphatic carbocycles. The lowest BCUT2D eigenvalue weighted by Gasteiger charge is -2.29. The normalized spacial score (nSPS) is 21.6. The molecule has 112 valence electrons. The van der Waals surface area contributed by atoms with Crippen LogP contribution in [0.2, 0.25) is 0 Å². The zero-order valence-electron chi connectivity index (χ0n) is 13.3. The number of carbonyl (C=O) groups is 1. The van der Waals surface area contributed by atoms with E-state index in [1.165, 1.54) is 6.42 Å². The van der Waals surface area contributed by atoms with E-state index in [4.69, 9.17) is 0 Å². The van der Waals surface area contributed by atoms with E-state index in [1.807, 2.05) is 0 Å². The number of amides is 1. The number of likely N-dealkylation sites (tertiary alicyclic amines) is 1. The minimum absolute atomic E-state index is 0.332. The second-order valence-electron chi connectivity index (χ2n) is 6.87. The third-order valence-electron chi connectivity index (χ3n) is 4.24. The maximum absolute atomic E-state index is 12.1. The SMILES string of the molecule is CCCNCCCN1CCC(C(C)(C)C)CCC1=O. The number of rotatable bonds is 6. The fourth-order valence-electron chi connectivity index (χ4n) is 2.84. The minimum Gasteiger partial charge on any atom is -0.343 e. The zero-order valence-corrected chi connectivity index (χ0v) is 13.3. The van der Waals surface area contributed by atoms with Gasteiger partial charge in [-0.3, -0.25) is 4.79 Å². The molecule has 0 aromatic rings. The summed E-state index contributed by atoms with van der Waals surface area (Å²) in [4.78, 5) is 14.2. The number of carbonyl (C=O) groups excluding carboxylic acids is 1. The maximum Gasteiger partial charge on any atom is 0.222 e. The fraction of sp³-hybridized carbons (Fsp3) is 0.938. The first kappa shape index (κ1) is 16.5. The van der Waals surface area contributed by atoms with Gasteiger partial charge in [-0.25, -0.2) is 0 Å². The molecule has 3 nitrogen and oxygen atoms in total. The van der Waals surface area contributed by atoms with E-state index < -0.39 is 0 Å². The summed E-state index contributed by atoms with van der Waals surface area (Å²) >= 11 is 0. The largest absolute Gasteiger partial charge is 0.343 e. The predicted octanol–water partition coefficient (Wildman–Crippen LogP) is 3.05. The average Bonchev–Trinajstić information content (AvgIpc) is 2.51. The van der Waals surface area contributed by atoms with Gasteiger partial charge in [-0.05, 0) is 50.1 Å². The first-order valence-electron chi connectivity index (χ1n) is 7.93. The summed E-state index contributed by atoms with van der Waals surface area (Å²) < 4.78 is 0. The molecule has 1 unspecified atom stereocenters. The van der Waals surface area contributed by atoms with Crippen LogP contribution in [-0.2, 0) is 4.79 Å². The Bertz CT molecular complexity index is 270. The van der Waals surface area contributed by atoms with Gasteiger partial charge < -0.3 is 10.2 Å². The molecule has 0 spiro atoms. The average molecular weight is 268 g/mol. The van der Waals surface area contributed by atoms with Crippen LogP contribution in [0.4, 0.5) is 0 Å². The van der Waals surface area contributed by atoms with Crippen molar-refractivity contribution >= 4 is 5.91 Å². The summed E-state index contributed by atoms with van der Waals surface area (Å²) in [5.41, 5.74) is 0.332. The van der Waals surface area contributed by atoms with Gasteiger partial charge in [-0.15, -0.1) is 0 Å². The van der Waals surface area contributed by atoms with Crippen molar-refractivity contribution in [2.45, 2.75) is 59.8 Å². The van der Waals surface area contributed by atoms with E-state index in [9.17, 15) is 4.79 Å². The number of hydrogen-bond acceptors (Lipinski definition) is 2. The summed E-state index contributed by atoms with van der Waals surface area (Å²) in [5.74, 6) is 1.04. The Kier molecular flexibility index (Phi) is 6.84. The van der Waals surface area contributed by atoms with Crippen LogP contribution >= 0.6 is 0 Å². The quantitative estimate of drug-likeness (QED) is 0.751. The first-order valence-corrected chi connectivity index (χ1v) is 7.93. The Morgan fingerprint density at radius 1 is 1.26 bits per heavy atom. The van der Waals surface area contributed by atoms with E-state index in [0.717, 1.165) is 51.9 Å². The summed E-state index contributed by atoms with van der Waals surface area (Å²) in [6.07, 6.45) is 5.22. The number of nitrogens with one attached hydrogen (secondary N) is 1. The standard InChI is InChI=1S/C16H32N2O/c1-5-10-17-11-6-12-18-13-9-14(16(2,3)4)7-8-15(18)19/h14,17H,5-13H2,1-4H3. The molecule has 1 rings (SSSR count). The first-order chi connectivity index (χ1) is 8.95. The van der Waals surface area contributed by atoms with Crippen LogP contribution in [0.1, 0.15) is 59.8 Å². The molecule has 1 aliphatic heterocycles. The molecule has 1 amide bonds. The zero-order chi connectivity index (χ0) is 14.3. The van der Waals surface area contributed by atoms with Crippen LogP contribution in [0.5, 0.6) is 0 Å². The highest BCUT2D eigenvalue weighted by Crippen LogP contribution is 2.34. The summed E-state index contributed by atoms with van der Waals surface area (Å²) in [7, 11) is 0. The van der Waals surface area contributed by atoms with Crippen molar-refractivity contribution in [3.05, 3.63) is 0 Å². The van der Waals surface area contributed by atoms with Gasteiger partial charge in [0.25, 0.3) is 0 Å². The van der Waals surface area contributed by atoms with Crippen molar-refractivity contribution in [2.24, 2.45) is 11.3 Å². The Morgan fingerprint density at radius 2 is 2.00 bits per heavy atom. The second-order valence-corrected chi connectivity index (χ2v) is 6.87. The molecule has 1 heterocycles. The lowest BCUT2D eigenvalue weighted by atomic mass is 9.77. The van der Waals surface area contributed by atoms with Gasteiger partial charge in [0.05, 0.1) is 0 Å². The molecule has 1 saturated heterocycles. The molecule has 0 bridgehead atoms. The molecule has 1 atom stereocenters. The summed E-state index contributed by atoms with van der Waals surface area (Å²) in [6, 6.07) is 0. The Hall–Kier alpha value is -0.570. The molecule has 1 N–H and O–H groups in total. The highest BCUT2D eigenvalue weighted by atomic mass is 16.2. The molecule has 3 heteroatoms. The second kappa shape index (κ2) is 7.88. The van der Waals surface area contributed by atoms with Crippen LogP contribution in [0.3, 0.4) is 0 Å². The maximum atomic E-state index is 12.1. The van der Waals surface area contributed by atoms with E-state index in [0.29, 0.717) is 17.2 Å². The fourth-order valence-corrected chi connectivity index (χ4v) is 2.84. The highest BCUT2D eigenvalue weighted by Gasteiger charge is 2.29. The monoisotopic (exact) mass is 268 g/mol. The van der Waals surface area contributed by atoms with Gasteiger partial charge in [0.2, 0.25) is 5.91 Å². The number of nitrogens with zero attached hydrogens (tertiary/aromatic N) is 1. The van der Waals surface area contributed by atoms with Crippen LogP contribution in [-0.4, -0.2) is 37.0 Å². The molecule has 0 radical (unpaired) electrons. The lowest BCUT2D eigenvalue weighted by molar-refractivity contribution is -0.130. The summed E-state index contributed by atoms with van der Waals surface area (Å²) in [5, 5.41) is 3.40. The molecular formula is C16H32N2O. The van der Waals surface area contributed by atoms with Crippen molar-refractivity contribution in [1.82, 2.24) is 10.2 Å². The van der Waals surface area contributed by atoms with Gasteiger partial charge in [0.1, 0.15) is 0 Å². The van der Waals surface area contributed by atoms with Crippen LogP contribution in [0.15, 0.2) is 0 Å². The van der Waals surface area contributed by atoms with Gasteiger partial charge in [0, 0.05) is 19.5 Å². The molecule has 1 aliphatic rings. The van der Waals surface area contributed by atoms with Crippen LogP contribution < -0.4 is 5.32 Å². The predicted molar refractivity (Wildman–Crippen MR) is 81.2 cm³/mol. The van der Waals surface area contributed by atoms with Crippen molar-refractivity contribution in [2.75, 3.05) is 26.2 Å². The van der Waals surface area contributed by atoms with Gasteiger partial charge in [-0.2, -0.15) is 0 Å². The van der Waals surface area contributed by atoms with E-state index >= 15 is 0 Å². The molecule has 1 fully saturated rings. The molecule has 0 aromatic carbocycles. The third-order valence-corrected chi connectivity index (χ3v) is 4.24. The van der Waals surface area contributed by atoms with Crippen molar-refractivity contribution in [3.63, 3.8) is 0 Å². The molecular weight excluding hydrogens is 236 g/mol. The van der Waals surface area contributed by atoms with Crippen LogP contribution in [0, 0.1) is 11.3 Å². The van der Waals surface area contributed by atoms with Gasteiger partial charge >= 0.3 is 0 Å². The van der Waals surface area contributed by atoms with E-state index in [-0.39, 0.29) is 0 Å². The van der Waals surface area contributed by atoms with Crippen molar-refractivity contribution < 1.29 is 4.79 Å². The number of hydrogen-bond donors (Lipinski definition) is 1. The Balaban J connectivity index is 2.33. The van der Waals surface area contributed by atoms with Crippen molar-refractivity contribution in [3.8, 4) is 0 Å². The highest BCUT2D eigenvalue weighted by molar-refractivity contribution is 5.76. The Morgan fingerprint density at radius 3 is 2.63 bits per heavy atom. The Labute approximate surface area is 119 Å². The topological polar surface area (TPSA) is 32.3 Å². The lowest BCUT2D eigenvalue weighted by Crippen LogP contribution is -2.33. The smallest absolute Gasteiger partial charge is 0.222 e. The van der Waals surface area contributed by atoms with E-state index in [2.05, 4.69) is 37.9 Å². The van der Waals surface area contributed by atoms with E-state index in [1.54, 1.807) is 0 Å². The molecule has 0 aromatic heterocycles. The summed E-state index contributed by atoms with van der Waals surface area (Å²) in [6.45, 7) is 13.1. The third kappa shape index (κ3) is 5.94.